The Bertz CT molecular complexity index is 923. The van der Waals surface area contributed by atoms with Crippen molar-refractivity contribution in [2.75, 3.05) is 13.3 Å². The minimum absolute atomic E-state index is 0.0467. The molecule has 1 aromatic carbocycles. The summed E-state index contributed by atoms with van der Waals surface area (Å²) in [7, 11) is 0. The summed E-state index contributed by atoms with van der Waals surface area (Å²) >= 11 is 1.58. The number of thiophene rings is 1. The summed E-state index contributed by atoms with van der Waals surface area (Å²) < 4.78 is 16.0. The van der Waals surface area contributed by atoms with E-state index < -0.39 is 0 Å². The maximum absolute atomic E-state index is 12.6. The number of carbonyl (C=O) groups is 1. The van der Waals surface area contributed by atoms with Crippen LogP contribution in [0.4, 0.5) is 0 Å². The van der Waals surface area contributed by atoms with Gasteiger partial charge in [-0.15, -0.1) is 0 Å². The highest BCUT2D eigenvalue weighted by atomic mass is 32.1. The molecule has 140 valence electrons. The Morgan fingerprint density at radius 3 is 2.96 bits per heavy atom. The predicted octanol–water partition coefficient (Wildman–Crippen LogP) is 3.51. The summed E-state index contributed by atoms with van der Waals surface area (Å²) in [5, 5.41) is 7.90. The van der Waals surface area contributed by atoms with Crippen molar-refractivity contribution in [1.82, 2.24) is 15.0 Å². The van der Waals surface area contributed by atoms with Gasteiger partial charge in [-0.1, -0.05) is 11.2 Å². The smallest absolute Gasteiger partial charge is 0.231 e. The largest absolute Gasteiger partial charge is 0.454 e. The van der Waals surface area contributed by atoms with Gasteiger partial charge in [-0.3, -0.25) is 4.79 Å². The molecule has 27 heavy (non-hydrogen) atoms. The Hall–Kier alpha value is -2.87. The zero-order valence-electron chi connectivity index (χ0n) is 14.9. The predicted molar refractivity (Wildman–Crippen MR) is 99.6 cm³/mol. The fraction of sp³-hybridized carbons (Fsp3) is 0.316. The van der Waals surface area contributed by atoms with Gasteiger partial charge in [-0.05, 0) is 36.1 Å². The van der Waals surface area contributed by atoms with Crippen molar-refractivity contribution in [3.05, 3.63) is 46.5 Å². The van der Waals surface area contributed by atoms with E-state index in [0.29, 0.717) is 37.6 Å². The van der Waals surface area contributed by atoms with Gasteiger partial charge in [-0.2, -0.15) is 16.3 Å². The lowest BCUT2D eigenvalue weighted by molar-refractivity contribution is -0.131. The number of aromatic nitrogens is 2. The first kappa shape index (κ1) is 17.5. The number of amides is 1. The van der Waals surface area contributed by atoms with Crippen molar-refractivity contribution in [3.63, 3.8) is 0 Å². The highest BCUT2D eigenvalue weighted by Crippen LogP contribution is 2.32. The number of rotatable bonds is 7. The van der Waals surface area contributed by atoms with Gasteiger partial charge in [0.1, 0.15) is 0 Å². The quantitative estimate of drug-likeness (QED) is 0.619. The highest BCUT2D eigenvalue weighted by molar-refractivity contribution is 7.08. The SMILES string of the molecule is CCN(Cc1ccc2c(c1)OCO2)C(=O)CCc1nc(-c2ccsc2)no1. The summed E-state index contributed by atoms with van der Waals surface area (Å²) in [6.45, 7) is 3.35. The first-order valence-corrected chi connectivity index (χ1v) is 9.68. The molecule has 0 spiro atoms. The van der Waals surface area contributed by atoms with Gasteiger partial charge in [0.2, 0.25) is 24.4 Å². The second kappa shape index (κ2) is 7.79. The second-order valence-corrected chi connectivity index (χ2v) is 6.90. The van der Waals surface area contributed by atoms with Crippen LogP contribution in [0.5, 0.6) is 11.5 Å². The second-order valence-electron chi connectivity index (χ2n) is 6.12. The standard InChI is InChI=1S/C19H19N3O4S/c1-2-22(10-13-3-4-15-16(9-13)25-12-24-15)18(23)6-5-17-20-19(21-26-17)14-7-8-27-11-14/h3-4,7-9,11H,2,5-6,10,12H2,1H3. The lowest BCUT2D eigenvalue weighted by Crippen LogP contribution is -2.30. The van der Waals surface area contributed by atoms with Crippen LogP contribution in [0.1, 0.15) is 24.8 Å². The summed E-state index contributed by atoms with van der Waals surface area (Å²) in [4.78, 5) is 18.8. The normalized spacial score (nSPS) is 12.3. The van der Waals surface area contributed by atoms with Gasteiger partial charge in [-0.25, -0.2) is 0 Å². The first-order chi connectivity index (χ1) is 13.2. The molecule has 1 aliphatic rings. The molecule has 0 atom stereocenters. The molecule has 2 aromatic heterocycles. The number of hydrogen-bond donors (Lipinski definition) is 0. The zero-order chi connectivity index (χ0) is 18.6. The average Bonchev–Trinajstić information content (AvgIpc) is 3.44. The average molecular weight is 385 g/mol. The maximum Gasteiger partial charge on any atom is 0.231 e. The molecule has 0 radical (unpaired) electrons. The lowest BCUT2D eigenvalue weighted by Gasteiger charge is -2.21. The number of carbonyl (C=O) groups excluding carboxylic acids is 1. The maximum atomic E-state index is 12.6. The van der Waals surface area contributed by atoms with E-state index in [-0.39, 0.29) is 12.7 Å². The number of benzene rings is 1. The molecule has 4 rings (SSSR count). The van der Waals surface area contributed by atoms with E-state index in [1.54, 1.807) is 16.2 Å². The Morgan fingerprint density at radius 2 is 2.15 bits per heavy atom. The van der Waals surface area contributed by atoms with E-state index in [1.807, 2.05) is 41.9 Å². The van der Waals surface area contributed by atoms with Crippen LogP contribution in [0.2, 0.25) is 0 Å². The third-order valence-corrected chi connectivity index (χ3v) is 5.03. The highest BCUT2D eigenvalue weighted by Gasteiger charge is 2.18. The van der Waals surface area contributed by atoms with Crippen LogP contribution in [0.25, 0.3) is 11.4 Å². The molecule has 0 N–H and O–H groups in total. The van der Waals surface area contributed by atoms with E-state index in [9.17, 15) is 4.79 Å². The van der Waals surface area contributed by atoms with Crippen LogP contribution in [0, 0.1) is 0 Å². The fourth-order valence-electron chi connectivity index (χ4n) is 2.87. The van der Waals surface area contributed by atoms with Crippen LogP contribution in [0.15, 0.2) is 39.5 Å². The summed E-state index contributed by atoms with van der Waals surface area (Å²) in [5.74, 6) is 2.55. The number of fused-ring (bicyclic) bond motifs is 1. The topological polar surface area (TPSA) is 77.7 Å². The molecule has 1 amide bonds. The van der Waals surface area contributed by atoms with Crippen molar-refractivity contribution < 1.29 is 18.8 Å². The van der Waals surface area contributed by atoms with E-state index in [1.165, 1.54) is 0 Å². The van der Waals surface area contributed by atoms with Gasteiger partial charge in [0.15, 0.2) is 11.5 Å². The van der Waals surface area contributed by atoms with Gasteiger partial charge < -0.3 is 18.9 Å². The van der Waals surface area contributed by atoms with Crippen molar-refractivity contribution >= 4 is 17.2 Å². The summed E-state index contributed by atoms with van der Waals surface area (Å²) in [6.07, 6.45) is 0.747. The van der Waals surface area contributed by atoms with E-state index >= 15 is 0 Å². The van der Waals surface area contributed by atoms with Gasteiger partial charge in [0, 0.05) is 36.9 Å². The van der Waals surface area contributed by atoms with Crippen molar-refractivity contribution in [2.45, 2.75) is 26.3 Å². The fourth-order valence-corrected chi connectivity index (χ4v) is 3.51. The van der Waals surface area contributed by atoms with Gasteiger partial charge >= 0.3 is 0 Å². The van der Waals surface area contributed by atoms with Crippen LogP contribution < -0.4 is 9.47 Å². The molecule has 0 unspecified atom stereocenters. The number of hydrogen-bond acceptors (Lipinski definition) is 7. The molecule has 0 saturated carbocycles. The van der Waals surface area contributed by atoms with Crippen LogP contribution in [-0.2, 0) is 17.8 Å². The van der Waals surface area contributed by atoms with Gasteiger partial charge in [0.25, 0.3) is 0 Å². The Morgan fingerprint density at radius 1 is 1.26 bits per heavy atom. The molecule has 0 bridgehead atoms. The minimum Gasteiger partial charge on any atom is -0.454 e. The molecule has 0 aliphatic carbocycles. The molecule has 0 saturated heterocycles. The Labute approximate surface area is 160 Å². The third-order valence-electron chi connectivity index (χ3n) is 4.35. The zero-order valence-corrected chi connectivity index (χ0v) is 15.7. The van der Waals surface area contributed by atoms with Crippen molar-refractivity contribution in [2.24, 2.45) is 0 Å². The van der Waals surface area contributed by atoms with E-state index in [2.05, 4.69) is 10.1 Å². The van der Waals surface area contributed by atoms with Gasteiger partial charge in [0.05, 0.1) is 0 Å². The van der Waals surface area contributed by atoms with Crippen LogP contribution in [-0.4, -0.2) is 34.3 Å². The first-order valence-electron chi connectivity index (χ1n) is 8.74. The summed E-state index contributed by atoms with van der Waals surface area (Å²) in [5.41, 5.74) is 1.94. The lowest BCUT2D eigenvalue weighted by atomic mass is 10.1. The minimum atomic E-state index is 0.0467. The van der Waals surface area contributed by atoms with Crippen LogP contribution in [0.3, 0.4) is 0 Å². The number of aryl methyl sites for hydroxylation is 1. The Kier molecular flexibility index (Phi) is 5.06. The molecule has 8 heteroatoms. The molecule has 7 nitrogen and oxygen atoms in total. The molecular weight excluding hydrogens is 366 g/mol. The monoisotopic (exact) mass is 385 g/mol. The van der Waals surface area contributed by atoms with E-state index in [0.717, 1.165) is 22.6 Å². The molecular formula is C19H19N3O4S. The molecule has 3 aromatic rings. The van der Waals surface area contributed by atoms with Crippen LogP contribution >= 0.6 is 11.3 Å². The number of nitrogens with zero attached hydrogens (tertiary/aromatic N) is 3. The summed E-state index contributed by atoms with van der Waals surface area (Å²) in [6, 6.07) is 7.69. The molecule has 1 aliphatic heterocycles. The van der Waals surface area contributed by atoms with Crippen molar-refractivity contribution in [1.29, 1.82) is 0 Å². The Balaban J connectivity index is 1.35. The van der Waals surface area contributed by atoms with Crippen molar-refractivity contribution in [3.8, 4) is 22.9 Å². The van der Waals surface area contributed by atoms with E-state index in [4.69, 9.17) is 14.0 Å². The molecule has 0 fully saturated rings. The third kappa shape index (κ3) is 3.95. The molecule has 3 heterocycles. The number of ether oxygens (including phenoxy) is 2.